The molecule has 110 valence electrons. The molecule has 0 aromatic heterocycles. The molecule has 0 spiro atoms. The van der Waals surface area contributed by atoms with Crippen LogP contribution in [0.15, 0.2) is 28.7 Å². The van der Waals surface area contributed by atoms with Crippen molar-refractivity contribution < 1.29 is 14.3 Å². The van der Waals surface area contributed by atoms with Crippen LogP contribution in [0, 0.1) is 0 Å². The molecule has 2 N–H and O–H groups in total. The number of amides is 2. The van der Waals surface area contributed by atoms with E-state index in [4.69, 9.17) is 0 Å². The van der Waals surface area contributed by atoms with E-state index in [0.29, 0.717) is 0 Å². The number of rotatable bonds is 5. The largest absolute Gasteiger partial charge is 0.453 e. The Morgan fingerprint density at radius 1 is 1.30 bits per heavy atom. The lowest BCUT2D eigenvalue weighted by atomic mass is 10.0. The minimum atomic E-state index is -0.750. The highest BCUT2D eigenvalue weighted by atomic mass is 79.9. The van der Waals surface area contributed by atoms with Crippen LogP contribution < -0.4 is 10.6 Å². The van der Waals surface area contributed by atoms with Gasteiger partial charge in [-0.25, -0.2) is 4.79 Å². The van der Waals surface area contributed by atoms with Gasteiger partial charge in [-0.05, 0) is 31.0 Å². The monoisotopic (exact) mass is 342 g/mol. The van der Waals surface area contributed by atoms with Crippen molar-refractivity contribution in [2.75, 3.05) is 7.11 Å². The second-order valence-corrected chi connectivity index (χ2v) is 5.30. The van der Waals surface area contributed by atoms with Crippen molar-refractivity contribution in [3.63, 3.8) is 0 Å². The number of hydrogen-bond acceptors (Lipinski definition) is 4. The van der Waals surface area contributed by atoms with Gasteiger partial charge >= 0.3 is 6.09 Å². The Kier molecular flexibility index (Phi) is 6.67. The zero-order valence-corrected chi connectivity index (χ0v) is 13.4. The fraction of sp³-hybridized carbons (Fsp3) is 0.429. The standard InChI is InChI=1S/C14H19BrN2O3/c1-4-12(10-5-7-11(15)8-6-10)16-9(2)13(18)17-14(19)20-3/h5-9,12,16H,4H2,1-3H3,(H,17,18,19)/t9-,12-/m0/s1. The molecular formula is C14H19BrN2O3. The fourth-order valence-corrected chi connectivity index (χ4v) is 2.05. The first-order chi connectivity index (χ1) is 9.47. The first-order valence-corrected chi connectivity index (χ1v) is 7.17. The number of carbonyl (C=O) groups excluding carboxylic acids is 2. The molecular weight excluding hydrogens is 324 g/mol. The number of ether oxygens (including phenoxy) is 1. The van der Waals surface area contributed by atoms with E-state index in [1.54, 1.807) is 6.92 Å². The van der Waals surface area contributed by atoms with E-state index in [-0.39, 0.29) is 6.04 Å². The van der Waals surface area contributed by atoms with Crippen molar-refractivity contribution in [3.8, 4) is 0 Å². The molecule has 0 bridgehead atoms. The van der Waals surface area contributed by atoms with E-state index in [1.165, 1.54) is 7.11 Å². The molecule has 0 radical (unpaired) electrons. The highest BCUT2D eigenvalue weighted by molar-refractivity contribution is 9.10. The van der Waals surface area contributed by atoms with E-state index in [0.717, 1.165) is 16.5 Å². The van der Waals surface area contributed by atoms with Crippen LogP contribution in [0.2, 0.25) is 0 Å². The maximum atomic E-state index is 11.8. The van der Waals surface area contributed by atoms with Gasteiger partial charge in [-0.15, -0.1) is 0 Å². The summed E-state index contributed by atoms with van der Waals surface area (Å²) in [5.74, 6) is -0.410. The van der Waals surface area contributed by atoms with E-state index >= 15 is 0 Å². The van der Waals surface area contributed by atoms with Gasteiger partial charge in [-0.1, -0.05) is 35.0 Å². The second kappa shape index (κ2) is 8.01. The van der Waals surface area contributed by atoms with Crippen molar-refractivity contribution in [2.45, 2.75) is 32.4 Å². The molecule has 2 atom stereocenters. The van der Waals surface area contributed by atoms with Gasteiger partial charge in [0.25, 0.3) is 0 Å². The highest BCUT2D eigenvalue weighted by Crippen LogP contribution is 2.19. The van der Waals surface area contributed by atoms with Gasteiger partial charge in [0.2, 0.25) is 5.91 Å². The number of halogens is 1. The van der Waals surface area contributed by atoms with Crippen molar-refractivity contribution >= 4 is 27.9 Å². The smallest absolute Gasteiger partial charge is 0.413 e. The number of carbonyl (C=O) groups is 2. The average Bonchev–Trinajstić information content (AvgIpc) is 2.45. The lowest BCUT2D eigenvalue weighted by Crippen LogP contribution is -2.45. The lowest BCUT2D eigenvalue weighted by molar-refractivity contribution is -0.122. The minimum Gasteiger partial charge on any atom is -0.453 e. The van der Waals surface area contributed by atoms with Crippen molar-refractivity contribution in [3.05, 3.63) is 34.3 Å². The molecule has 20 heavy (non-hydrogen) atoms. The molecule has 0 aliphatic heterocycles. The zero-order chi connectivity index (χ0) is 15.1. The molecule has 0 saturated carbocycles. The van der Waals surface area contributed by atoms with Gasteiger partial charge in [0, 0.05) is 10.5 Å². The summed E-state index contributed by atoms with van der Waals surface area (Å²) in [6, 6.07) is 7.45. The van der Waals surface area contributed by atoms with Gasteiger partial charge in [0.05, 0.1) is 13.2 Å². The first-order valence-electron chi connectivity index (χ1n) is 6.38. The molecule has 0 aliphatic rings. The summed E-state index contributed by atoms with van der Waals surface area (Å²) in [7, 11) is 1.22. The van der Waals surface area contributed by atoms with Gasteiger partial charge in [0.15, 0.2) is 0 Å². The number of alkyl carbamates (subject to hydrolysis) is 1. The minimum absolute atomic E-state index is 0.0431. The summed E-state index contributed by atoms with van der Waals surface area (Å²) < 4.78 is 5.40. The third-order valence-electron chi connectivity index (χ3n) is 2.94. The summed E-state index contributed by atoms with van der Waals surface area (Å²) in [5, 5.41) is 5.35. The van der Waals surface area contributed by atoms with E-state index in [9.17, 15) is 9.59 Å². The normalized spacial score (nSPS) is 13.4. The van der Waals surface area contributed by atoms with E-state index < -0.39 is 18.0 Å². The summed E-state index contributed by atoms with van der Waals surface area (Å²) in [4.78, 5) is 22.8. The van der Waals surface area contributed by atoms with Crippen molar-refractivity contribution in [1.29, 1.82) is 0 Å². The Morgan fingerprint density at radius 2 is 1.90 bits per heavy atom. The first kappa shape index (κ1) is 16.7. The predicted molar refractivity (Wildman–Crippen MR) is 80.3 cm³/mol. The number of methoxy groups -OCH3 is 1. The van der Waals surface area contributed by atoms with Gasteiger partial charge < -0.3 is 4.74 Å². The van der Waals surface area contributed by atoms with Gasteiger partial charge in [-0.2, -0.15) is 0 Å². The Labute approximate surface area is 127 Å². The molecule has 1 aromatic carbocycles. The molecule has 5 nitrogen and oxygen atoms in total. The third kappa shape index (κ3) is 4.94. The molecule has 0 heterocycles. The zero-order valence-electron chi connectivity index (χ0n) is 11.8. The van der Waals surface area contributed by atoms with Gasteiger partial charge in [0.1, 0.15) is 0 Å². The van der Waals surface area contributed by atoms with Crippen LogP contribution >= 0.6 is 15.9 Å². The Balaban J connectivity index is 2.66. The number of benzene rings is 1. The van der Waals surface area contributed by atoms with E-state index in [2.05, 4.69) is 31.3 Å². The topological polar surface area (TPSA) is 67.4 Å². The van der Waals surface area contributed by atoms with Crippen LogP contribution in [-0.4, -0.2) is 25.2 Å². The SMILES string of the molecule is CC[C@H](N[C@@H](C)C(=O)NC(=O)OC)c1ccc(Br)cc1. The molecule has 0 aliphatic carbocycles. The Hall–Kier alpha value is -1.40. The molecule has 0 fully saturated rings. The summed E-state index contributed by atoms with van der Waals surface area (Å²) in [6.45, 7) is 3.74. The third-order valence-corrected chi connectivity index (χ3v) is 3.46. The number of imide groups is 1. The van der Waals surface area contributed by atoms with Crippen LogP contribution in [0.25, 0.3) is 0 Å². The van der Waals surface area contributed by atoms with Gasteiger partial charge in [-0.3, -0.25) is 15.4 Å². The Morgan fingerprint density at radius 3 is 2.40 bits per heavy atom. The average molecular weight is 343 g/mol. The molecule has 6 heteroatoms. The number of nitrogens with one attached hydrogen (secondary N) is 2. The van der Waals surface area contributed by atoms with Crippen LogP contribution in [0.4, 0.5) is 4.79 Å². The van der Waals surface area contributed by atoms with E-state index in [1.807, 2.05) is 31.2 Å². The van der Waals surface area contributed by atoms with Crippen molar-refractivity contribution in [2.24, 2.45) is 0 Å². The predicted octanol–water partition coefficient (Wildman–Crippen LogP) is 2.76. The maximum absolute atomic E-state index is 11.8. The lowest BCUT2D eigenvalue weighted by Gasteiger charge is -2.22. The molecule has 0 saturated heterocycles. The second-order valence-electron chi connectivity index (χ2n) is 4.38. The van der Waals surface area contributed by atoms with Crippen LogP contribution in [-0.2, 0) is 9.53 Å². The molecule has 0 unspecified atom stereocenters. The summed E-state index contributed by atoms with van der Waals surface area (Å²) >= 11 is 3.39. The number of hydrogen-bond donors (Lipinski definition) is 2. The highest BCUT2D eigenvalue weighted by Gasteiger charge is 2.19. The van der Waals surface area contributed by atoms with Crippen LogP contribution in [0.1, 0.15) is 31.9 Å². The van der Waals surface area contributed by atoms with Crippen molar-refractivity contribution in [1.82, 2.24) is 10.6 Å². The van der Waals surface area contributed by atoms with Crippen LogP contribution in [0.5, 0.6) is 0 Å². The van der Waals surface area contributed by atoms with Crippen LogP contribution in [0.3, 0.4) is 0 Å². The Bertz CT molecular complexity index is 462. The fourth-order valence-electron chi connectivity index (χ4n) is 1.78. The molecule has 1 aromatic rings. The summed E-state index contributed by atoms with van der Waals surface area (Å²) in [6.07, 6.45) is 0.0811. The maximum Gasteiger partial charge on any atom is 0.413 e. The summed E-state index contributed by atoms with van der Waals surface area (Å²) in [5.41, 5.74) is 1.09. The molecule has 2 amide bonds. The quantitative estimate of drug-likeness (QED) is 0.863. The molecule has 1 rings (SSSR count).